The van der Waals surface area contributed by atoms with Crippen molar-refractivity contribution >= 4 is 35.2 Å². The van der Waals surface area contributed by atoms with E-state index in [0.717, 1.165) is 0 Å². The zero-order valence-corrected chi connectivity index (χ0v) is 13.9. The highest BCUT2D eigenvalue weighted by atomic mass is 32.2. The van der Waals surface area contributed by atoms with Crippen LogP contribution in [0, 0.1) is 0 Å². The van der Waals surface area contributed by atoms with Gasteiger partial charge in [0, 0.05) is 16.8 Å². The van der Waals surface area contributed by atoms with Crippen molar-refractivity contribution in [3.05, 3.63) is 42.0 Å². The molecular weight excluding hydrogens is 328 g/mol. The maximum Gasteiger partial charge on any atom is 0.329 e. The third kappa shape index (κ3) is 2.80. The van der Waals surface area contributed by atoms with E-state index in [1.807, 2.05) is 0 Å². The van der Waals surface area contributed by atoms with Crippen LogP contribution >= 0.6 is 11.8 Å². The van der Waals surface area contributed by atoms with Crippen molar-refractivity contribution in [3.63, 3.8) is 0 Å². The molecule has 0 aromatic heterocycles. The Kier molecular flexibility index (Phi) is 4.36. The molecule has 2 amide bonds. The molecule has 0 aliphatic carbocycles. The fraction of sp³-hybridized carbons (Fsp3) is 0.353. The van der Waals surface area contributed by atoms with Crippen molar-refractivity contribution in [2.45, 2.75) is 18.4 Å². The standard InChI is InChI=1S/C17H18N2O4S/c1-11-12-4-2-3-5-13(12)15(21)19(11)10-14(20)18-17(16(22)23)6-8-24-9-7-17/h2-5H,1,6-10H2,(H,18,20)(H,22,23). The number of thioether (sulfide) groups is 1. The summed E-state index contributed by atoms with van der Waals surface area (Å²) in [5, 5.41) is 12.2. The quantitative estimate of drug-likeness (QED) is 0.864. The molecule has 1 saturated heterocycles. The summed E-state index contributed by atoms with van der Waals surface area (Å²) in [4.78, 5) is 37.7. The lowest BCUT2D eigenvalue weighted by molar-refractivity contribution is -0.148. The normalized spacial score (nSPS) is 19.1. The van der Waals surface area contributed by atoms with Crippen LogP contribution in [0.15, 0.2) is 30.8 Å². The molecule has 0 spiro atoms. The second-order valence-corrected chi connectivity index (χ2v) is 7.16. The van der Waals surface area contributed by atoms with Crippen LogP contribution in [0.1, 0.15) is 28.8 Å². The minimum absolute atomic E-state index is 0.228. The zero-order valence-electron chi connectivity index (χ0n) is 13.1. The van der Waals surface area contributed by atoms with E-state index in [1.165, 1.54) is 4.90 Å². The van der Waals surface area contributed by atoms with Crippen molar-refractivity contribution in [1.29, 1.82) is 0 Å². The Bertz CT molecular complexity index is 690. The second-order valence-electron chi connectivity index (χ2n) is 5.93. The van der Waals surface area contributed by atoms with Gasteiger partial charge < -0.3 is 10.4 Å². The van der Waals surface area contributed by atoms with Crippen LogP contribution in [0.25, 0.3) is 5.70 Å². The summed E-state index contributed by atoms with van der Waals surface area (Å²) in [5.41, 5.74) is 0.447. The van der Waals surface area contributed by atoms with Crippen LogP contribution in [0.5, 0.6) is 0 Å². The topological polar surface area (TPSA) is 86.7 Å². The molecule has 0 atom stereocenters. The summed E-state index contributed by atoms with van der Waals surface area (Å²) >= 11 is 1.67. The molecule has 7 heteroatoms. The number of nitrogens with one attached hydrogen (secondary N) is 1. The number of hydrogen-bond acceptors (Lipinski definition) is 4. The highest BCUT2D eigenvalue weighted by molar-refractivity contribution is 7.99. The number of carboxylic acid groups (broad SMARTS) is 1. The smallest absolute Gasteiger partial charge is 0.329 e. The number of carboxylic acids is 1. The second kappa shape index (κ2) is 6.32. The average Bonchev–Trinajstić information content (AvgIpc) is 2.81. The van der Waals surface area contributed by atoms with E-state index < -0.39 is 17.4 Å². The minimum Gasteiger partial charge on any atom is -0.480 e. The van der Waals surface area contributed by atoms with Crippen LogP contribution in [0.3, 0.4) is 0 Å². The van der Waals surface area contributed by atoms with Gasteiger partial charge >= 0.3 is 5.97 Å². The van der Waals surface area contributed by atoms with E-state index in [9.17, 15) is 19.5 Å². The Hall–Kier alpha value is -2.28. The SMILES string of the molecule is C=C1c2ccccc2C(=O)N1CC(=O)NC1(C(=O)O)CCSCC1. The lowest BCUT2D eigenvalue weighted by Gasteiger charge is -2.34. The molecule has 0 bridgehead atoms. The van der Waals surface area contributed by atoms with Gasteiger partial charge in [0.25, 0.3) is 5.91 Å². The molecular formula is C17H18N2O4S. The number of fused-ring (bicyclic) bond motifs is 1. The lowest BCUT2D eigenvalue weighted by atomic mass is 9.92. The minimum atomic E-state index is -1.24. The van der Waals surface area contributed by atoms with Gasteiger partial charge in [0.2, 0.25) is 5.91 Å². The number of nitrogens with zero attached hydrogens (tertiary/aromatic N) is 1. The molecule has 2 heterocycles. The largest absolute Gasteiger partial charge is 0.480 e. The molecule has 0 radical (unpaired) electrons. The molecule has 1 fully saturated rings. The Balaban J connectivity index is 1.73. The van der Waals surface area contributed by atoms with Gasteiger partial charge in [0.1, 0.15) is 12.1 Å². The van der Waals surface area contributed by atoms with E-state index >= 15 is 0 Å². The van der Waals surface area contributed by atoms with Gasteiger partial charge in [-0.3, -0.25) is 14.5 Å². The molecule has 2 N–H and O–H groups in total. The van der Waals surface area contributed by atoms with Crippen LogP contribution < -0.4 is 5.32 Å². The molecule has 126 valence electrons. The van der Waals surface area contributed by atoms with Crippen molar-refractivity contribution < 1.29 is 19.5 Å². The van der Waals surface area contributed by atoms with Crippen LogP contribution in [-0.2, 0) is 9.59 Å². The van der Waals surface area contributed by atoms with E-state index in [1.54, 1.807) is 36.0 Å². The predicted molar refractivity (Wildman–Crippen MR) is 91.6 cm³/mol. The number of carbonyl (C=O) groups excluding carboxylic acids is 2. The van der Waals surface area contributed by atoms with Crippen LogP contribution in [0.2, 0.25) is 0 Å². The summed E-state index contributed by atoms with van der Waals surface area (Å²) in [6.07, 6.45) is 0.766. The molecule has 0 saturated carbocycles. The maximum atomic E-state index is 12.4. The van der Waals surface area contributed by atoms with Gasteiger partial charge in [-0.15, -0.1) is 0 Å². The van der Waals surface area contributed by atoms with E-state index in [4.69, 9.17) is 0 Å². The first kappa shape index (κ1) is 16.6. The number of hydrogen-bond donors (Lipinski definition) is 2. The van der Waals surface area contributed by atoms with E-state index in [0.29, 0.717) is 41.2 Å². The zero-order chi connectivity index (χ0) is 17.3. The molecule has 3 rings (SSSR count). The summed E-state index contributed by atoms with van der Waals surface area (Å²) in [5.74, 6) is -0.409. The molecule has 1 aromatic rings. The van der Waals surface area contributed by atoms with Gasteiger partial charge in [-0.25, -0.2) is 4.79 Å². The highest BCUT2D eigenvalue weighted by Crippen LogP contribution is 2.31. The predicted octanol–water partition coefficient (Wildman–Crippen LogP) is 1.58. The summed E-state index contributed by atoms with van der Waals surface area (Å²) in [7, 11) is 0. The fourth-order valence-corrected chi connectivity index (χ4v) is 4.25. The van der Waals surface area contributed by atoms with Gasteiger partial charge in [0.05, 0.1) is 0 Å². The van der Waals surface area contributed by atoms with Crippen molar-refractivity contribution in [3.8, 4) is 0 Å². The molecule has 1 aromatic carbocycles. The van der Waals surface area contributed by atoms with E-state index in [-0.39, 0.29) is 12.5 Å². The van der Waals surface area contributed by atoms with Crippen LogP contribution in [-0.4, -0.2) is 51.4 Å². The number of aliphatic carboxylic acids is 1. The maximum absolute atomic E-state index is 12.4. The van der Waals surface area contributed by atoms with Crippen molar-refractivity contribution in [1.82, 2.24) is 10.2 Å². The average molecular weight is 346 g/mol. The Morgan fingerprint density at radius 1 is 1.25 bits per heavy atom. The highest BCUT2D eigenvalue weighted by Gasteiger charge is 2.42. The van der Waals surface area contributed by atoms with Crippen molar-refractivity contribution in [2.75, 3.05) is 18.1 Å². The summed E-state index contributed by atoms with van der Waals surface area (Å²) in [6, 6.07) is 7.04. The first-order valence-electron chi connectivity index (χ1n) is 7.67. The Morgan fingerprint density at radius 2 is 1.88 bits per heavy atom. The molecule has 2 aliphatic heterocycles. The third-order valence-corrected chi connectivity index (χ3v) is 5.46. The van der Waals surface area contributed by atoms with E-state index in [2.05, 4.69) is 11.9 Å². The van der Waals surface area contributed by atoms with Gasteiger partial charge in [-0.1, -0.05) is 24.8 Å². The monoisotopic (exact) mass is 346 g/mol. The number of rotatable bonds is 4. The molecule has 24 heavy (non-hydrogen) atoms. The van der Waals surface area contributed by atoms with Gasteiger partial charge in [-0.2, -0.15) is 11.8 Å². The first-order chi connectivity index (χ1) is 11.4. The number of amides is 2. The lowest BCUT2D eigenvalue weighted by Crippen LogP contribution is -2.58. The van der Waals surface area contributed by atoms with Gasteiger partial charge in [0.15, 0.2) is 0 Å². The van der Waals surface area contributed by atoms with Crippen LogP contribution in [0.4, 0.5) is 0 Å². The fourth-order valence-electron chi connectivity index (χ4n) is 3.06. The Labute approximate surface area is 143 Å². The third-order valence-electron chi connectivity index (χ3n) is 4.48. The molecule has 0 unspecified atom stereocenters. The number of carbonyl (C=O) groups is 3. The Morgan fingerprint density at radius 3 is 2.46 bits per heavy atom. The summed E-state index contributed by atoms with van der Waals surface area (Å²) in [6.45, 7) is 3.66. The number of benzene rings is 1. The molecule has 2 aliphatic rings. The first-order valence-corrected chi connectivity index (χ1v) is 8.82. The van der Waals surface area contributed by atoms with Crippen molar-refractivity contribution in [2.24, 2.45) is 0 Å². The molecule has 6 nitrogen and oxygen atoms in total. The van der Waals surface area contributed by atoms with Gasteiger partial charge in [-0.05, 0) is 30.4 Å². The summed E-state index contributed by atoms with van der Waals surface area (Å²) < 4.78 is 0.